The maximum Gasteiger partial charge on any atom is 0.305 e. The zero-order valence-corrected chi connectivity index (χ0v) is 18.1. The molecular weight excluding hydrogens is 336 g/mol. The van der Waals surface area contributed by atoms with Crippen molar-refractivity contribution < 1.29 is 14.6 Å². The van der Waals surface area contributed by atoms with E-state index in [2.05, 4.69) is 19.1 Å². The van der Waals surface area contributed by atoms with E-state index < -0.39 is 0 Å². The van der Waals surface area contributed by atoms with Crippen molar-refractivity contribution >= 4 is 5.97 Å². The first kappa shape index (κ1) is 26.2. The number of esters is 1. The first-order chi connectivity index (χ1) is 13.3. The zero-order valence-electron chi connectivity index (χ0n) is 18.1. The lowest BCUT2D eigenvalue weighted by atomic mass is 10.1. The number of carbonyl (C=O) groups excluding carboxylic acids is 1. The van der Waals surface area contributed by atoms with Crippen LogP contribution in [0.3, 0.4) is 0 Å². The Morgan fingerprint density at radius 2 is 1.22 bits per heavy atom. The van der Waals surface area contributed by atoms with Crippen LogP contribution >= 0.6 is 0 Å². The van der Waals surface area contributed by atoms with Crippen molar-refractivity contribution in [2.45, 2.75) is 122 Å². The largest absolute Gasteiger partial charge is 0.466 e. The van der Waals surface area contributed by atoms with Gasteiger partial charge in [0.1, 0.15) is 0 Å². The third-order valence-corrected chi connectivity index (χ3v) is 4.96. The lowest BCUT2D eigenvalue weighted by molar-refractivity contribution is -0.143. The fourth-order valence-corrected chi connectivity index (χ4v) is 3.17. The van der Waals surface area contributed by atoms with Gasteiger partial charge in [0.2, 0.25) is 0 Å². The summed E-state index contributed by atoms with van der Waals surface area (Å²) >= 11 is 0. The van der Waals surface area contributed by atoms with Crippen molar-refractivity contribution in [2.75, 3.05) is 13.2 Å². The zero-order chi connectivity index (χ0) is 19.8. The second-order valence-electron chi connectivity index (χ2n) is 7.69. The summed E-state index contributed by atoms with van der Waals surface area (Å²) in [5.74, 6) is -0.0465. The van der Waals surface area contributed by atoms with Crippen LogP contribution in [0, 0.1) is 0 Å². The van der Waals surface area contributed by atoms with E-state index in [4.69, 9.17) is 9.84 Å². The van der Waals surface area contributed by atoms with Crippen molar-refractivity contribution in [3.8, 4) is 0 Å². The van der Waals surface area contributed by atoms with Gasteiger partial charge in [-0.1, -0.05) is 76.9 Å². The van der Waals surface area contributed by atoms with Crippen LogP contribution in [-0.2, 0) is 9.53 Å². The van der Waals surface area contributed by atoms with Gasteiger partial charge in [0.25, 0.3) is 0 Å². The molecule has 0 heterocycles. The lowest BCUT2D eigenvalue weighted by Crippen LogP contribution is -2.05. The number of carbonyl (C=O) groups is 1. The normalized spacial score (nSPS) is 11.3. The fraction of sp³-hybridized carbons (Fsp3) is 0.875. The summed E-state index contributed by atoms with van der Waals surface area (Å²) in [6.45, 7) is 3.06. The second-order valence-corrected chi connectivity index (χ2v) is 7.69. The van der Waals surface area contributed by atoms with Gasteiger partial charge in [0, 0.05) is 13.0 Å². The molecule has 0 bridgehead atoms. The van der Waals surface area contributed by atoms with Gasteiger partial charge in [0.15, 0.2) is 0 Å². The molecular formula is C24H46O3. The Kier molecular flexibility index (Phi) is 22.5. The van der Waals surface area contributed by atoms with Gasteiger partial charge < -0.3 is 9.84 Å². The molecule has 0 aliphatic rings. The van der Waals surface area contributed by atoms with E-state index in [1.807, 2.05) is 0 Å². The average molecular weight is 383 g/mol. The number of hydrogen-bond acceptors (Lipinski definition) is 3. The number of ether oxygens (including phenoxy) is 1. The molecule has 3 heteroatoms. The van der Waals surface area contributed by atoms with Gasteiger partial charge in [-0.15, -0.1) is 0 Å². The molecule has 0 saturated carbocycles. The lowest BCUT2D eigenvalue weighted by Gasteiger charge is -2.04. The summed E-state index contributed by atoms with van der Waals surface area (Å²) in [6.07, 6.45) is 25.6. The predicted molar refractivity (Wildman–Crippen MR) is 116 cm³/mol. The Bertz CT molecular complexity index is 326. The molecule has 0 fully saturated rings. The van der Waals surface area contributed by atoms with E-state index in [1.54, 1.807) is 0 Å². The van der Waals surface area contributed by atoms with Gasteiger partial charge in [0.05, 0.1) is 6.61 Å². The van der Waals surface area contributed by atoms with Gasteiger partial charge in [-0.3, -0.25) is 4.79 Å². The molecule has 3 nitrogen and oxygen atoms in total. The minimum Gasteiger partial charge on any atom is -0.466 e. The number of aliphatic hydroxyl groups excluding tert-OH is 1. The van der Waals surface area contributed by atoms with Gasteiger partial charge in [-0.05, 0) is 51.4 Å². The average Bonchev–Trinajstić information content (AvgIpc) is 2.67. The number of allylic oxidation sites excluding steroid dienone is 2. The van der Waals surface area contributed by atoms with Crippen LogP contribution in [0.1, 0.15) is 122 Å². The van der Waals surface area contributed by atoms with Gasteiger partial charge in [-0.25, -0.2) is 0 Å². The van der Waals surface area contributed by atoms with E-state index in [-0.39, 0.29) is 12.6 Å². The van der Waals surface area contributed by atoms with E-state index >= 15 is 0 Å². The molecule has 0 aliphatic carbocycles. The molecule has 0 unspecified atom stereocenters. The van der Waals surface area contributed by atoms with Crippen molar-refractivity contribution in [3.05, 3.63) is 12.2 Å². The maximum absolute atomic E-state index is 11.6. The molecule has 27 heavy (non-hydrogen) atoms. The van der Waals surface area contributed by atoms with E-state index in [0.29, 0.717) is 13.0 Å². The summed E-state index contributed by atoms with van der Waals surface area (Å²) in [4.78, 5) is 11.6. The Morgan fingerprint density at radius 1 is 0.704 bits per heavy atom. The van der Waals surface area contributed by atoms with Crippen LogP contribution in [0.5, 0.6) is 0 Å². The summed E-state index contributed by atoms with van der Waals surface area (Å²) in [5, 5.41) is 8.69. The Labute approximate surface area is 169 Å². The van der Waals surface area contributed by atoms with Crippen LogP contribution in [0.15, 0.2) is 12.2 Å². The van der Waals surface area contributed by atoms with Crippen molar-refractivity contribution in [3.63, 3.8) is 0 Å². The van der Waals surface area contributed by atoms with Crippen LogP contribution in [-0.4, -0.2) is 24.3 Å². The molecule has 0 radical (unpaired) electrons. The minimum absolute atomic E-state index is 0.0465. The Morgan fingerprint density at radius 3 is 1.85 bits per heavy atom. The second kappa shape index (κ2) is 23.2. The Hall–Kier alpha value is -0.830. The summed E-state index contributed by atoms with van der Waals surface area (Å²) in [6, 6.07) is 0. The number of hydrogen-bond donors (Lipinski definition) is 1. The summed E-state index contributed by atoms with van der Waals surface area (Å²) in [7, 11) is 0. The standard InChI is InChI=1S/C24H46O3/c1-2-3-4-5-6-7-8-9-10-11-12-13-14-15-18-21-24(26)27-23-20-17-16-19-22-25/h9-10,25H,2-8,11-23H2,1H3/b10-9-. The highest BCUT2D eigenvalue weighted by Crippen LogP contribution is 2.10. The predicted octanol–water partition coefficient (Wildman–Crippen LogP) is 7.12. The molecule has 0 aliphatic heterocycles. The van der Waals surface area contributed by atoms with Crippen molar-refractivity contribution in [1.82, 2.24) is 0 Å². The van der Waals surface area contributed by atoms with Crippen LogP contribution in [0.2, 0.25) is 0 Å². The van der Waals surface area contributed by atoms with Crippen molar-refractivity contribution in [2.24, 2.45) is 0 Å². The first-order valence-electron chi connectivity index (χ1n) is 11.7. The SMILES string of the molecule is CCCCCCCC/C=C\CCCCCCCC(=O)OCCCCCCO. The van der Waals surface area contributed by atoms with Crippen LogP contribution in [0.25, 0.3) is 0 Å². The molecule has 0 spiro atoms. The van der Waals surface area contributed by atoms with Gasteiger partial charge in [-0.2, -0.15) is 0 Å². The third kappa shape index (κ3) is 23.1. The van der Waals surface area contributed by atoms with Crippen molar-refractivity contribution in [1.29, 1.82) is 0 Å². The number of rotatable bonds is 21. The fourth-order valence-electron chi connectivity index (χ4n) is 3.17. The topological polar surface area (TPSA) is 46.5 Å². The Balaban J connectivity index is 3.19. The monoisotopic (exact) mass is 382 g/mol. The quantitative estimate of drug-likeness (QED) is 0.131. The van der Waals surface area contributed by atoms with Crippen LogP contribution < -0.4 is 0 Å². The summed E-state index contributed by atoms with van der Waals surface area (Å²) in [5.41, 5.74) is 0. The van der Waals surface area contributed by atoms with E-state index in [0.717, 1.165) is 38.5 Å². The highest BCUT2D eigenvalue weighted by atomic mass is 16.5. The molecule has 0 rings (SSSR count). The van der Waals surface area contributed by atoms with E-state index in [9.17, 15) is 4.79 Å². The molecule has 0 aromatic carbocycles. The molecule has 0 atom stereocenters. The molecule has 160 valence electrons. The number of unbranched alkanes of at least 4 members (excludes halogenated alkanes) is 14. The van der Waals surface area contributed by atoms with Gasteiger partial charge >= 0.3 is 5.97 Å². The van der Waals surface area contributed by atoms with E-state index in [1.165, 1.54) is 70.6 Å². The highest BCUT2D eigenvalue weighted by Gasteiger charge is 2.02. The first-order valence-corrected chi connectivity index (χ1v) is 11.7. The highest BCUT2D eigenvalue weighted by molar-refractivity contribution is 5.69. The molecule has 0 amide bonds. The molecule has 1 N–H and O–H groups in total. The molecule has 0 aromatic heterocycles. The smallest absolute Gasteiger partial charge is 0.305 e. The minimum atomic E-state index is -0.0465. The van der Waals surface area contributed by atoms with Crippen LogP contribution in [0.4, 0.5) is 0 Å². The maximum atomic E-state index is 11.6. The summed E-state index contributed by atoms with van der Waals surface area (Å²) < 4.78 is 5.23. The molecule has 0 aromatic rings. The third-order valence-electron chi connectivity index (χ3n) is 4.96. The molecule has 0 saturated heterocycles. The number of aliphatic hydroxyl groups is 1.